The molecule has 0 spiro atoms. The average Bonchev–Trinajstić information content (AvgIpc) is 2.34. The van der Waals surface area contributed by atoms with E-state index in [1.54, 1.807) is 0 Å². The fourth-order valence-electron chi connectivity index (χ4n) is 1.94. The van der Waals surface area contributed by atoms with Crippen molar-refractivity contribution >= 4 is 5.91 Å². The van der Waals surface area contributed by atoms with Crippen molar-refractivity contribution in [3.8, 4) is 0 Å². The van der Waals surface area contributed by atoms with E-state index in [1.807, 2.05) is 6.92 Å². The Morgan fingerprint density at radius 1 is 1.56 bits per heavy atom. The van der Waals surface area contributed by atoms with Crippen molar-refractivity contribution in [1.82, 2.24) is 16.0 Å². The van der Waals surface area contributed by atoms with E-state index in [2.05, 4.69) is 22.9 Å². The molecule has 2 unspecified atom stereocenters. The Labute approximate surface area is 98.6 Å². The van der Waals surface area contributed by atoms with Gasteiger partial charge in [0, 0.05) is 6.54 Å². The van der Waals surface area contributed by atoms with Crippen LogP contribution in [0.1, 0.15) is 33.1 Å². The molecule has 0 aromatic carbocycles. The lowest BCUT2D eigenvalue weighted by Gasteiger charge is -2.24. The van der Waals surface area contributed by atoms with Gasteiger partial charge in [0.05, 0.1) is 6.04 Å². The summed E-state index contributed by atoms with van der Waals surface area (Å²) in [4.78, 5) is 11.6. The minimum absolute atomic E-state index is 0.0755. The second-order valence-corrected chi connectivity index (χ2v) is 4.63. The Morgan fingerprint density at radius 3 is 3.00 bits per heavy atom. The third-order valence-corrected chi connectivity index (χ3v) is 3.05. The maximum Gasteiger partial charge on any atom is 0.236 e. The molecule has 0 aliphatic carbocycles. The van der Waals surface area contributed by atoms with Gasteiger partial charge in [-0.3, -0.25) is 4.79 Å². The molecule has 4 heteroatoms. The van der Waals surface area contributed by atoms with Crippen molar-refractivity contribution in [2.75, 3.05) is 26.2 Å². The van der Waals surface area contributed by atoms with Crippen LogP contribution in [0.2, 0.25) is 0 Å². The lowest BCUT2D eigenvalue weighted by Crippen LogP contribution is -2.46. The van der Waals surface area contributed by atoms with E-state index in [0.29, 0.717) is 5.92 Å². The molecule has 1 rings (SSSR count). The van der Waals surface area contributed by atoms with Crippen molar-refractivity contribution < 1.29 is 4.79 Å². The van der Waals surface area contributed by atoms with E-state index in [9.17, 15) is 4.79 Å². The summed E-state index contributed by atoms with van der Waals surface area (Å²) in [6.07, 6.45) is 3.51. The Balaban J connectivity index is 2.12. The summed E-state index contributed by atoms with van der Waals surface area (Å²) >= 11 is 0. The number of carbonyl (C=O) groups is 1. The molecular weight excluding hydrogens is 202 g/mol. The predicted molar refractivity (Wildman–Crippen MR) is 66.4 cm³/mol. The average molecular weight is 227 g/mol. The molecule has 0 radical (unpaired) electrons. The van der Waals surface area contributed by atoms with Gasteiger partial charge in [0.1, 0.15) is 0 Å². The maximum absolute atomic E-state index is 11.6. The van der Waals surface area contributed by atoms with Crippen molar-refractivity contribution in [3.63, 3.8) is 0 Å². The Kier molecular flexibility index (Phi) is 6.42. The zero-order valence-electron chi connectivity index (χ0n) is 10.5. The quantitative estimate of drug-likeness (QED) is 0.619. The molecule has 4 nitrogen and oxygen atoms in total. The van der Waals surface area contributed by atoms with Gasteiger partial charge in [-0.05, 0) is 51.7 Å². The molecule has 1 saturated heterocycles. The van der Waals surface area contributed by atoms with Gasteiger partial charge in [-0.25, -0.2) is 0 Å². The first-order valence-corrected chi connectivity index (χ1v) is 6.45. The molecule has 0 aromatic rings. The third kappa shape index (κ3) is 4.94. The summed E-state index contributed by atoms with van der Waals surface area (Å²) < 4.78 is 0. The number of hydrogen-bond donors (Lipinski definition) is 3. The largest absolute Gasteiger partial charge is 0.355 e. The minimum atomic E-state index is -0.0755. The van der Waals surface area contributed by atoms with Crippen molar-refractivity contribution in [2.45, 2.75) is 39.2 Å². The summed E-state index contributed by atoms with van der Waals surface area (Å²) in [5.41, 5.74) is 0. The SMILES string of the molecule is CCCNC(=O)C(C)NCC1CCCNC1. The van der Waals surface area contributed by atoms with Gasteiger partial charge in [-0.2, -0.15) is 0 Å². The summed E-state index contributed by atoms with van der Waals surface area (Å²) in [6.45, 7) is 7.93. The van der Waals surface area contributed by atoms with E-state index in [1.165, 1.54) is 12.8 Å². The topological polar surface area (TPSA) is 53.2 Å². The predicted octanol–water partition coefficient (Wildman–Crippen LogP) is 0.490. The Hall–Kier alpha value is -0.610. The van der Waals surface area contributed by atoms with E-state index in [4.69, 9.17) is 0 Å². The van der Waals surface area contributed by atoms with Crippen LogP contribution in [-0.2, 0) is 4.79 Å². The summed E-state index contributed by atoms with van der Waals surface area (Å²) in [6, 6.07) is -0.0755. The van der Waals surface area contributed by atoms with Crippen molar-refractivity contribution in [3.05, 3.63) is 0 Å². The highest BCUT2D eigenvalue weighted by Crippen LogP contribution is 2.08. The number of amides is 1. The first kappa shape index (κ1) is 13.5. The monoisotopic (exact) mass is 227 g/mol. The van der Waals surface area contributed by atoms with E-state index < -0.39 is 0 Å². The zero-order valence-corrected chi connectivity index (χ0v) is 10.5. The Bertz CT molecular complexity index is 202. The third-order valence-electron chi connectivity index (χ3n) is 3.05. The van der Waals surface area contributed by atoms with Crippen LogP contribution in [0, 0.1) is 5.92 Å². The van der Waals surface area contributed by atoms with Gasteiger partial charge in [0.15, 0.2) is 0 Å². The highest BCUT2D eigenvalue weighted by Gasteiger charge is 2.16. The number of piperidine rings is 1. The van der Waals surface area contributed by atoms with E-state index in [-0.39, 0.29) is 11.9 Å². The van der Waals surface area contributed by atoms with Gasteiger partial charge in [0.2, 0.25) is 5.91 Å². The van der Waals surface area contributed by atoms with Crippen LogP contribution >= 0.6 is 0 Å². The molecule has 0 saturated carbocycles. The maximum atomic E-state index is 11.6. The summed E-state index contributed by atoms with van der Waals surface area (Å²) in [7, 11) is 0. The van der Waals surface area contributed by atoms with Crippen LogP contribution in [0.4, 0.5) is 0 Å². The molecule has 3 N–H and O–H groups in total. The van der Waals surface area contributed by atoms with E-state index >= 15 is 0 Å². The second-order valence-electron chi connectivity index (χ2n) is 4.63. The molecule has 16 heavy (non-hydrogen) atoms. The van der Waals surface area contributed by atoms with Crippen LogP contribution in [0.25, 0.3) is 0 Å². The number of nitrogens with one attached hydrogen (secondary N) is 3. The molecule has 1 aliphatic rings. The van der Waals surface area contributed by atoms with Crippen molar-refractivity contribution in [2.24, 2.45) is 5.92 Å². The highest BCUT2D eigenvalue weighted by atomic mass is 16.2. The molecule has 0 bridgehead atoms. The van der Waals surface area contributed by atoms with Crippen molar-refractivity contribution in [1.29, 1.82) is 0 Å². The van der Waals surface area contributed by atoms with Gasteiger partial charge >= 0.3 is 0 Å². The summed E-state index contributed by atoms with van der Waals surface area (Å²) in [5.74, 6) is 0.792. The van der Waals surface area contributed by atoms with Crippen LogP contribution in [0.3, 0.4) is 0 Å². The Morgan fingerprint density at radius 2 is 2.38 bits per heavy atom. The highest BCUT2D eigenvalue weighted by molar-refractivity contribution is 5.81. The first-order chi connectivity index (χ1) is 7.74. The standard InChI is InChI=1S/C12H25N3O/c1-3-6-14-12(16)10(2)15-9-11-5-4-7-13-8-11/h10-11,13,15H,3-9H2,1-2H3,(H,14,16). The zero-order chi connectivity index (χ0) is 11.8. The van der Waals surface area contributed by atoms with E-state index in [0.717, 1.165) is 32.6 Å². The lowest BCUT2D eigenvalue weighted by atomic mass is 9.99. The fourth-order valence-corrected chi connectivity index (χ4v) is 1.94. The van der Waals surface area contributed by atoms with Gasteiger partial charge in [-0.1, -0.05) is 6.92 Å². The summed E-state index contributed by atoms with van der Waals surface area (Å²) in [5, 5.41) is 9.59. The number of rotatable bonds is 6. The smallest absolute Gasteiger partial charge is 0.236 e. The van der Waals surface area contributed by atoms with Gasteiger partial charge < -0.3 is 16.0 Å². The first-order valence-electron chi connectivity index (χ1n) is 6.45. The fraction of sp³-hybridized carbons (Fsp3) is 0.917. The minimum Gasteiger partial charge on any atom is -0.355 e. The molecule has 2 atom stereocenters. The number of carbonyl (C=O) groups excluding carboxylic acids is 1. The van der Waals surface area contributed by atoms with Crippen LogP contribution in [0.15, 0.2) is 0 Å². The molecule has 94 valence electrons. The molecule has 1 fully saturated rings. The second kappa shape index (κ2) is 7.63. The van der Waals surface area contributed by atoms with Gasteiger partial charge in [0.25, 0.3) is 0 Å². The van der Waals surface area contributed by atoms with Crippen LogP contribution < -0.4 is 16.0 Å². The molecule has 1 heterocycles. The lowest BCUT2D eigenvalue weighted by molar-refractivity contribution is -0.122. The molecule has 0 aromatic heterocycles. The molecule has 1 amide bonds. The molecular formula is C12H25N3O. The molecule has 1 aliphatic heterocycles. The number of hydrogen-bond acceptors (Lipinski definition) is 3. The van der Waals surface area contributed by atoms with Crippen LogP contribution in [-0.4, -0.2) is 38.1 Å². The normalized spacial score (nSPS) is 22.8. The van der Waals surface area contributed by atoms with Crippen LogP contribution in [0.5, 0.6) is 0 Å². The van der Waals surface area contributed by atoms with Gasteiger partial charge in [-0.15, -0.1) is 0 Å².